The van der Waals surface area contributed by atoms with Gasteiger partial charge in [0.1, 0.15) is 0 Å². The lowest BCUT2D eigenvalue weighted by Gasteiger charge is -2.40. The third kappa shape index (κ3) is 8.44. The molecule has 0 bridgehead atoms. The van der Waals surface area contributed by atoms with Crippen LogP contribution < -0.4 is 0 Å². The Morgan fingerprint density at radius 3 is 1.45 bits per heavy atom. The Morgan fingerprint density at radius 2 is 1.07 bits per heavy atom. The summed E-state index contributed by atoms with van der Waals surface area (Å²) in [6.45, 7) is 0.736. The number of likely N-dealkylation sites (tertiary alicyclic amines) is 1. The summed E-state index contributed by atoms with van der Waals surface area (Å²) in [5, 5.41) is 0. The molecule has 0 amide bonds. The number of halogens is 12. The van der Waals surface area contributed by atoms with E-state index in [4.69, 9.17) is 4.74 Å². The number of piperidine rings is 1. The molecule has 40 heavy (non-hydrogen) atoms. The second-order valence-corrected chi connectivity index (χ2v) is 10.5. The van der Waals surface area contributed by atoms with E-state index in [1.54, 1.807) is 4.90 Å². The molecular weight excluding hydrogens is 590 g/mol. The lowest BCUT2D eigenvalue weighted by Crippen LogP contribution is -2.47. The van der Waals surface area contributed by atoms with E-state index in [9.17, 15) is 52.7 Å². The molecule has 224 valence electrons. The van der Waals surface area contributed by atoms with Crippen LogP contribution in [0.25, 0.3) is 0 Å². The summed E-state index contributed by atoms with van der Waals surface area (Å²) in [6.07, 6.45) is -19.4. The molecule has 0 atom stereocenters. The van der Waals surface area contributed by atoms with Crippen molar-refractivity contribution in [3.63, 3.8) is 0 Å². The van der Waals surface area contributed by atoms with Gasteiger partial charge in [-0.1, -0.05) is 0 Å². The van der Waals surface area contributed by atoms with Crippen LogP contribution in [0.4, 0.5) is 52.7 Å². The van der Waals surface area contributed by atoms with Crippen molar-refractivity contribution in [1.82, 2.24) is 4.90 Å². The van der Waals surface area contributed by atoms with Crippen molar-refractivity contribution in [3.05, 3.63) is 64.2 Å². The van der Waals surface area contributed by atoms with Crippen LogP contribution in [-0.2, 0) is 35.9 Å². The second-order valence-electron chi connectivity index (χ2n) is 9.42. The fraction of sp³-hybridized carbons (Fsp3) is 0.520. The highest BCUT2D eigenvalue weighted by molar-refractivity contribution is 7.99. The van der Waals surface area contributed by atoms with Crippen LogP contribution in [0.15, 0.2) is 41.3 Å². The smallest absolute Gasteiger partial charge is 0.377 e. The van der Waals surface area contributed by atoms with E-state index in [1.807, 2.05) is 0 Å². The Labute approximate surface area is 225 Å². The second kappa shape index (κ2) is 11.6. The predicted molar refractivity (Wildman–Crippen MR) is 123 cm³/mol. The summed E-state index contributed by atoms with van der Waals surface area (Å²) >= 11 is 0.774. The molecule has 1 heterocycles. The van der Waals surface area contributed by atoms with Crippen molar-refractivity contribution >= 4 is 11.8 Å². The first-order chi connectivity index (χ1) is 18.2. The van der Waals surface area contributed by atoms with Crippen molar-refractivity contribution in [1.29, 1.82) is 0 Å². The molecule has 2 aromatic carbocycles. The molecule has 0 aliphatic carbocycles. The zero-order valence-corrected chi connectivity index (χ0v) is 21.5. The van der Waals surface area contributed by atoms with E-state index in [0.717, 1.165) is 11.8 Å². The van der Waals surface area contributed by atoms with Gasteiger partial charge >= 0.3 is 24.7 Å². The van der Waals surface area contributed by atoms with Gasteiger partial charge in [0.15, 0.2) is 0 Å². The maximum absolute atomic E-state index is 13.2. The summed E-state index contributed by atoms with van der Waals surface area (Å²) in [5.41, 5.74) is -6.74. The molecule has 3 rings (SSSR count). The molecule has 15 heteroatoms. The van der Waals surface area contributed by atoms with E-state index < -0.39 is 52.6 Å². The summed E-state index contributed by atoms with van der Waals surface area (Å²) in [6, 6.07) is 2.68. The first-order valence-corrected chi connectivity index (χ1v) is 12.7. The van der Waals surface area contributed by atoms with E-state index in [0.29, 0.717) is 37.4 Å². The molecule has 0 aromatic heterocycles. The van der Waals surface area contributed by atoms with Crippen LogP contribution in [0, 0.1) is 0 Å². The molecule has 1 fully saturated rings. The SMILES string of the molecule is COC1(CSc2cc(C(F)(F)F)cc(C(F)(F)F)c2)CCN(CCc2cc(C(F)(F)F)cc(C(F)(F)F)c2)CC1. The largest absolute Gasteiger partial charge is 0.416 e. The van der Waals surface area contributed by atoms with Gasteiger partial charge in [0.05, 0.1) is 27.9 Å². The molecule has 0 radical (unpaired) electrons. The van der Waals surface area contributed by atoms with Crippen molar-refractivity contribution in [2.45, 2.75) is 54.5 Å². The zero-order chi connectivity index (χ0) is 30.1. The lowest BCUT2D eigenvalue weighted by atomic mass is 9.92. The highest BCUT2D eigenvalue weighted by Gasteiger charge is 2.39. The Morgan fingerprint density at radius 1 is 0.675 bits per heavy atom. The first kappa shape index (κ1) is 32.4. The summed E-state index contributed by atoms with van der Waals surface area (Å²) in [5.74, 6) is 0.0263. The number of nitrogens with zero attached hydrogens (tertiary/aromatic N) is 1. The van der Waals surface area contributed by atoms with Crippen LogP contribution >= 0.6 is 11.8 Å². The minimum atomic E-state index is -4.98. The van der Waals surface area contributed by atoms with Crippen LogP contribution in [0.2, 0.25) is 0 Å². The highest BCUT2D eigenvalue weighted by atomic mass is 32.2. The van der Waals surface area contributed by atoms with Gasteiger partial charge in [-0.3, -0.25) is 0 Å². The molecule has 2 aromatic rings. The molecule has 1 aliphatic heterocycles. The zero-order valence-electron chi connectivity index (χ0n) is 20.7. The minimum absolute atomic E-state index is 0.0263. The number of ether oxygens (including phenoxy) is 1. The van der Waals surface area contributed by atoms with Crippen LogP contribution in [-0.4, -0.2) is 43.0 Å². The van der Waals surface area contributed by atoms with Gasteiger partial charge in [-0.2, -0.15) is 52.7 Å². The third-order valence-electron chi connectivity index (χ3n) is 6.63. The number of rotatable bonds is 7. The Bertz CT molecular complexity index is 1100. The summed E-state index contributed by atoms with van der Waals surface area (Å²) in [7, 11) is 1.35. The lowest BCUT2D eigenvalue weighted by molar-refractivity contribution is -0.144. The molecule has 0 N–H and O–H groups in total. The normalized spacial score (nSPS) is 17.3. The van der Waals surface area contributed by atoms with E-state index in [2.05, 4.69) is 0 Å². The standard InChI is InChI=1S/C25H23F12NOS/c1-39-21(14-40-20-12-18(24(32,33)34)11-19(13-20)25(35,36)37)3-6-38(7-4-21)5-2-15-8-16(22(26,27)28)10-17(9-15)23(29,30)31/h8-13H,2-7,14H2,1H3. The maximum Gasteiger partial charge on any atom is 0.416 e. The monoisotopic (exact) mass is 613 g/mol. The predicted octanol–water partition coefficient (Wildman–Crippen LogP) is 8.58. The average molecular weight is 614 g/mol. The molecule has 1 saturated heterocycles. The van der Waals surface area contributed by atoms with Gasteiger partial charge in [-0.25, -0.2) is 0 Å². The summed E-state index contributed by atoms with van der Waals surface area (Å²) < 4.78 is 163. The van der Waals surface area contributed by atoms with E-state index >= 15 is 0 Å². The van der Waals surface area contributed by atoms with E-state index in [1.165, 1.54) is 7.11 Å². The first-order valence-electron chi connectivity index (χ1n) is 11.7. The quantitative estimate of drug-likeness (QED) is 0.229. The van der Waals surface area contributed by atoms with Crippen LogP contribution in [0.1, 0.15) is 40.7 Å². The number of benzene rings is 2. The van der Waals surface area contributed by atoms with Gasteiger partial charge in [-0.05, 0) is 61.2 Å². The number of hydrogen-bond donors (Lipinski definition) is 0. The number of thioether (sulfide) groups is 1. The van der Waals surface area contributed by atoms with Gasteiger partial charge in [-0.15, -0.1) is 11.8 Å². The molecule has 0 unspecified atom stereocenters. The van der Waals surface area contributed by atoms with Crippen molar-refractivity contribution in [2.24, 2.45) is 0 Å². The van der Waals surface area contributed by atoms with Crippen LogP contribution in [0.5, 0.6) is 0 Å². The fourth-order valence-electron chi connectivity index (χ4n) is 4.27. The van der Waals surface area contributed by atoms with Gasteiger partial charge in [0.25, 0.3) is 0 Å². The Hall–Kier alpha value is -2.13. The Kier molecular flexibility index (Phi) is 9.42. The topological polar surface area (TPSA) is 12.5 Å². The van der Waals surface area contributed by atoms with Crippen LogP contribution in [0.3, 0.4) is 0 Å². The number of methoxy groups -OCH3 is 1. The molecular formula is C25H23F12NOS. The number of alkyl halides is 12. The average Bonchev–Trinajstić information content (AvgIpc) is 2.84. The summed E-state index contributed by atoms with van der Waals surface area (Å²) in [4.78, 5) is 1.55. The van der Waals surface area contributed by atoms with Crippen molar-refractivity contribution < 1.29 is 57.4 Å². The van der Waals surface area contributed by atoms with Crippen molar-refractivity contribution in [2.75, 3.05) is 32.5 Å². The van der Waals surface area contributed by atoms with Gasteiger partial charge in [0, 0.05) is 37.4 Å². The highest BCUT2D eigenvalue weighted by Crippen LogP contribution is 2.41. The Balaban J connectivity index is 1.66. The maximum atomic E-state index is 13.2. The third-order valence-corrected chi connectivity index (χ3v) is 7.87. The molecule has 1 aliphatic rings. The molecule has 0 saturated carbocycles. The van der Waals surface area contributed by atoms with Gasteiger partial charge in [0.2, 0.25) is 0 Å². The molecule has 0 spiro atoms. The fourth-order valence-corrected chi connectivity index (χ4v) is 5.52. The van der Waals surface area contributed by atoms with Gasteiger partial charge < -0.3 is 9.64 Å². The number of hydrogen-bond acceptors (Lipinski definition) is 3. The van der Waals surface area contributed by atoms with Crippen molar-refractivity contribution in [3.8, 4) is 0 Å². The minimum Gasteiger partial charge on any atom is -0.377 e. The van der Waals surface area contributed by atoms with E-state index in [-0.39, 0.29) is 54.2 Å². The molecule has 2 nitrogen and oxygen atoms in total.